The third-order valence-electron chi connectivity index (χ3n) is 7.55. The molecule has 6 rings (SSSR count). The first-order valence-electron chi connectivity index (χ1n) is 13.2. The van der Waals surface area contributed by atoms with Crippen molar-refractivity contribution in [2.45, 2.75) is 71.1 Å². The highest BCUT2D eigenvalue weighted by Crippen LogP contribution is 2.35. The lowest BCUT2D eigenvalue weighted by atomic mass is 9.98. The van der Waals surface area contributed by atoms with Crippen LogP contribution in [0.4, 0.5) is 23.1 Å². The summed E-state index contributed by atoms with van der Waals surface area (Å²) >= 11 is 1.61. The lowest BCUT2D eigenvalue weighted by molar-refractivity contribution is 0.0786. The van der Waals surface area contributed by atoms with E-state index in [9.17, 15) is 5.11 Å². The number of aryl methyl sites for hydroxylation is 2. The van der Waals surface area contributed by atoms with E-state index in [1.54, 1.807) is 25.2 Å². The maximum Gasteiger partial charge on any atom is 0.230 e. The van der Waals surface area contributed by atoms with E-state index in [4.69, 9.17) is 15.1 Å². The van der Waals surface area contributed by atoms with Gasteiger partial charge in [0.15, 0.2) is 0 Å². The van der Waals surface area contributed by atoms with Gasteiger partial charge in [0, 0.05) is 31.0 Å². The molecule has 0 amide bonds. The Morgan fingerprint density at radius 1 is 1.03 bits per heavy atom. The Hall–Kier alpha value is -3.01. The lowest BCUT2D eigenvalue weighted by Gasteiger charge is -2.32. The van der Waals surface area contributed by atoms with Crippen molar-refractivity contribution in [3.8, 4) is 0 Å². The van der Waals surface area contributed by atoms with E-state index in [0.29, 0.717) is 12.0 Å². The molecule has 9 heteroatoms. The molecule has 1 saturated carbocycles. The van der Waals surface area contributed by atoms with Crippen molar-refractivity contribution in [1.82, 2.24) is 24.6 Å². The van der Waals surface area contributed by atoms with Gasteiger partial charge in [-0.2, -0.15) is 10.1 Å². The molecule has 1 aliphatic carbocycles. The minimum atomic E-state index is -0.921. The van der Waals surface area contributed by atoms with Crippen LogP contribution in [0.5, 0.6) is 0 Å². The predicted octanol–water partition coefficient (Wildman–Crippen LogP) is 6.02. The molecule has 1 aromatic carbocycles. The third-order valence-corrected chi connectivity index (χ3v) is 8.54. The number of aromatic nitrogens is 4. The number of fused-ring (bicyclic) bond motifs is 1. The van der Waals surface area contributed by atoms with Gasteiger partial charge < -0.3 is 20.6 Å². The molecular formula is C28H35N7OS. The van der Waals surface area contributed by atoms with Crippen molar-refractivity contribution >= 4 is 44.7 Å². The molecule has 1 saturated heterocycles. The fourth-order valence-electron chi connectivity index (χ4n) is 5.21. The van der Waals surface area contributed by atoms with Gasteiger partial charge in [-0.1, -0.05) is 12.1 Å². The van der Waals surface area contributed by atoms with E-state index in [0.717, 1.165) is 76.2 Å². The van der Waals surface area contributed by atoms with E-state index in [2.05, 4.69) is 38.7 Å². The van der Waals surface area contributed by atoms with Gasteiger partial charge in [0.2, 0.25) is 5.95 Å². The number of nitrogens with zero attached hydrogens (tertiary/aromatic N) is 5. The SMILES string of the molecule is Cc1nn(C2CCN(C3CC3)CC2)cc1Nc1nc(Nc2cccc(C(C)(C)O)c2)c2c(C)csc2n1. The number of piperidine rings is 1. The Bertz CT molecular complexity index is 1420. The van der Waals surface area contributed by atoms with Gasteiger partial charge in [-0.3, -0.25) is 4.68 Å². The largest absolute Gasteiger partial charge is 0.386 e. The van der Waals surface area contributed by atoms with Gasteiger partial charge in [0.25, 0.3) is 0 Å². The average molecular weight is 518 g/mol. The predicted molar refractivity (Wildman–Crippen MR) is 150 cm³/mol. The zero-order valence-electron chi connectivity index (χ0n) is 22.0. The van der Waals surface area contributed by atoms with E-state index < -0.39 is 5.60 Å². The number of likely N-dealkylation sites (tertiary alicyclic amines) is 1. The van der Waals surface area contributed by atoms with Crippen molar-refractivity contribution in [3.05, 3.63) is 52.7 Å². The highest BCUT2D eigenvalue weighted by molar-refractivity contribution is 7.17. The van der Waals surface area contributed by atoms with Crippen LogP contribution in [0.3, 0.4) is 0 Å². The molecular weight excluding hydrogens is 482 g/mol. The number of anilines is 4. The van der Waals surface area contributed by atoms with E-state index in [1.165, 1.54) is 12.8 Å². The fourth-order valence-corrected chi connectivity index (χ4v) is 6.13. The summed E-state index contributed by atoms with van der Waals surface area (Å²) in [5.74, 6) is 1.29. The van der Waals surface area contributed by atoms with Crippen LogP contribution in [0.2, 0.25) is 0 Å². The molecule has 1 aliphatic heterocycles. The lowest BCUT2D eigenvalue weighted by Crippen LogP contribution is -2.36. The van der Waals surface area contributed by atoms with Gasteiger partial charge in [0.05, 0.1) is 28.4 Å². The standard InChI is InChI=1S/C28H35N7OS/c1-17-16-37-26-24(17)25(29-20-7-5-6-19(14-20)28(3,4)36)31-27(32-26)30-23-15-35(33-18(23)2)22-10-12-34(13-11-22)21-8-9-21/h5-7,14-16,21-22,36H,8-13H2,1-4H3,(H2,29,30,31,32). The number of benzene rings is 1. The highest BCUT2D eigenvalue weighted by Gasteiger charge is 2.32. The molecule has 3 aromatic heterocycles. The second-order valence-electron chi connectivity index (χ2n) is 11.0. The zero-order chi connectivity index (χ0) is 25.7. The van der Waals surface area contributed by atoms with Crippen molar-refractivity contribution in [2.24, 2.45) is 0 Å². The summed E-state index contributed by atoms with van der Waals surface area (Å²) < 4.78 is 2.14. The second-order valence-corrected chi connectivity index (χ2v) is 11.8. The molecule has 0 spiro atoms. The number of rotatable bonds is 7. The first-order chi connectivity index (χ1) is 17.7. The van der Waals surface area contributed by atoms with Gasteiger partial charge in [-0.25, -0.2) is 4.98 Å². The number of hydrogen-bond donors (Lipinski definition) is 3. The van der Waals surface area contributed by atoms with Crippen molar-refractivity contribution in [3.63, 3.8) is 0 Å². The van der Waals surface area contributed by atoms with Crippen LogP contribution in [-0.4, -0.2) is 48.9 Å². The van der Waals surface area contributed by atoms with E-state index >= 15 is 0 Å². The third kappa shape index (κ3) is 5.08. The molecule has 194 valence electrons. The minimum absolute atomic E-state index is 0.438. The van der Waals surface area contributed by atoms with Crippen LogP contribution in [0.15, 0.2) is 35.8 Å². The summed E-state index contributed by atoms with van der Waals surface area (Å²) in [6.45, 7) is 10.0. The first kappa shape index (κ1) is 24.3. The van der Waals surface area contributed by atoms with Crippen LogP contribution in [0.25, 0.3) is 10.2 Å². The second kappa shape index (κ2) is 9.38. The van der Waals surface area contributed by atoms with Gasteiger partial charge in [-0.05, 0) is 82.0 Å². The Morgan fingerprint density at radius 2 is 1.81 bits per heavy atom. The quantitative estimate of drug-likeness (QED) is 0.276. The number of nitrogens with one attached hydrogen (secondary N) is 2. The average Bonchev–Trinajstić information content (AvgIpc) is 3.56. The Kier molecular flexibility index (Phi) is 6.17. The van der Waals surface area contributed by atoms with Crippen LogP contribution < -0.4 is 10.6 Å². The molecule has 4 aromatic rings. The zero-order valence-corrected chi connectivity index (χ0v) is 22.8. The Morgan fingerprint density at radius 3 is 2.54 bits per heavy atom. The summed E-state index contributed by atoms with van der Waals surface area (Å²) in [6, 6.07) is 9.10. The van der Waals surface area contributed by atoms with Crippen molar-refractivity contribution in [2.75, 3.05) is 23.7 Å². The maximum atomic E-state index is 10.5. The summed E-state index contributed by atoms with van der Waals surface area (Å²) in [7, 11) is 0. The molecule has 4 heterocycles. The summed E-state index contributed by atoms with van der Waals surface area (Å²) in [5, 5.41) is 25.4. The molecule has 37 heavy (non-hydrogen) atoms. The molecule has 0 atom stereocenters. The molecule has 3 N–H and O–H groups in total. The van der Waals surface area contributed by atoms with E-state index in [1.807, 2.05) is 31.2 Å². The Labute approximate surface area is 221 Å². The van der Waals surface area contributed by atoms with Gasteiger partial charge in [0.1, 0.15) is 10.6 Å². The van der Waals surface area contributed by atoms with Gasteiger partial charge >= 0.3 is 0 Å². The summed E-state index contributed by atoms with van der Waals surface area (Å²) in [4.78, 5) is 13.3. The molecule has 8 nitrogen and oxygen atoms in total. The normalized spacial score (nSPS) is 17.4. The summed E-state index contributed by atoms with van der Waals surface area (Å²) in [6.07, 6.45) is 7.14. The van der Waals surface area contributed by atoms with E-state index in [-0.39, 0.29) is 0 Å². The van der Waals surface area contributed by atoms with Gasteiger partial charge in [-0.15, -0.1) is 11.3 Å². The van der Waals surface area contributed by atoms with Crippen LogP contribution in [-0.2, 0) is 5.60 Å². The van der Waals surface area contributed by atoms with Crippen molar-refractivity contribution in [1.29, 1.82) is 0 Å². The topological polar surface area (TPSA) is 91.1 Å². The van der Waals surface area contributed by atoms with Crippen LogP contribution >= 0.6 is 11.3 Å². The molecule has 0 radical (unpaired) electrons. The number of aliphatic hydroxyl groups is 1. The van der Waals surface area contributed by atoms with Crippen LogP contribution in [0.1, 0.15) is 62.4 Å². The monoisotopic (exact) mass is 517 g/mol. The molecule has 2 aliphatic rings. The minimum Gasteiger partial charge on any atom is -0.386 e. The van der Waals surface area contributed by atoms with Crippen molar-refractivity contribution < 1.29 is 5.11 Å². The molecule has 0 bridgehead atoms. The van der Waals surface area contributed by atoms with Crippen LogP contribution in [0, 0.1) is 13.8 Å². The molecule has 0 unspecified atom stereocenters. The fraction of sp³-hybridized carbons (Fsp3) is 0.464. The highest BCUT2D eigenvalue weighted by atomic mass is 32.1. The molecule has 2 fully saturated rings. The first-order valence-corrected chi connectivity index (χ1v) is 14.0. The number of thiophene rings is 1. The number of hydrogen-bond acceptors (Lipinski definition) is 8. The smallest absolute Gasteiger partial charge is 0.230 e. The Balaban J connectivity index is 1.25. The maximum absolute atomic E-state index is 10.5. The summed E-state index contributed by atoms with van der Waals surface area (Å²) in [5.41, 5.74) is 3.81.